The first-order valence-corrected chi connectivity index (χ1v) is 8.04. The van der Waals surface area contributed by atoms with Crippen molar-refractivity contribution in [1.82, 2.24) is 14.5 Å². The predicted molar refractivity (Wildman–Crippen MR) is 91.2 cm³/mol. The summed E-state index contributed by atoms with van der Waals surface area (Å²) in [5, 5.41) is 9.44. The number of carbonyl (C=O) groups excluding carboxylic acids is 1. The molecule has 1 atom stereocenters. The van der Waals surface area contributed by atoms with E-state index in [-0.39, 0.29) is 31.6 Å². The largest absolute Gasteiger partial charge is 0.480 e. The second-order valence-corrected chi connectivity index (χ2v) is 5.71. The Hall–Kier alpha value is -2.46. The number of aromatic amines is 1. The minimum atomic E-state index is -1.14. The van der Waals surface area contributed by atoms with Gasteiger partial charge in [0.25, 0.3) is 5.56 Å². The van der Waals surface area contributed by atoms with Crippen LogP contribution in [0.2, 0.25) is 0 Å². The van der Waals surface area contributed by atoms with Gasteiger partial charge in [0, 0.05) is 24.8 Å². The highest BCUT2D eigenvalue weighted by molar-refractivity contribution is 5.83. The number of hydrogen-bond acceptors (Lipinski definition) is 6. The van der Waals surface area contributed by atoms with E-state index in [2.05, 4.69) is 4.98 Å². The molecular weight excluding hydrogens is 330 g/mol. The average molecular weight is 355 g/mol. The molecule has 0 radical (unpaired) electrons. The first kappa shape index (κ1) is 20.6. The maximum absolute atomic E-state index is 12.6. The van der Waals surface area contributed by atoms with E-state index >= 15 is 0 Å². The van der Waals surface area contributed by atoms with Crippen molar-refractivity contribution in [2.75, 3.05) is 19.6 Å². The normalized spacial score (nSPS) is 12.0. The van der Waals surface area contributed by atoms with Gasteiger partial charge in [-0.1, -0.05) is 0 Å². The second kappa shape index (κ2) is 9.74. The number of amides is 1. The number of aryl methyl sites for hydroxylation is 1. The third-order valence-corrected chi connectivity index (χ3v) is 3.78. The van der Waals surface area contributed by atoms with E-state index in [1.54, 1.807) is 0 Å². The van der Waals surface area contributed by atoms with Crippen LogP contribution in [0.15, 0.2) is 15.8 Å². The molecule has 1 aromatic rings. The number of nitrogens with zero attached hydrogens (tertiary/aromatic N) is 2. The molecule has 6 N–H and O–H groups in total. The Bertz CT molecular complexity index is 711. The highest BCUT2D eigenvalue weighted by Gasteiger charge is 2.28. The Labute approximate surface area is 144 Å². The minimum absolute atomic E-state index is 0.0511. The molecule has 1 rings (SSSR count). The van der Waals surface area contributed by atoms with Gasteiger partial charge in [0.05, 0.1) is 0 Å². The Morgan fingerprint density at radius 2 is 1.96 bits per heavy atom. The lowest BCUT2D eigenvalue weighted by Crippen LogP contribution is -2.49. The van der Waals surface area contributed by atoms with Crippen LogP contribution in [-0.2, 0) is 16.1 Å². The van der Waals surface area contributed by atoms with Gasteiger partial charge in [0.1, 0.15) is 12.6 Å². The van der Waals surface area contributed by atoms with Crippen molar-refractivity contribution < 1.29 is 14.7 Å². The Morgan fingerprint density at radius 1 is 1.28 bits per heavy atom. The molecule has 1 aromatic heterocycles. The highest BCUT2D eigenvalue weighted by Crippen LogP contribution is 2.10. The maximum atomic E-state index is 12.6. The van der Waals surface area contributed by atoms with Crippen LogP contribution in [0, 0.1) is 6.92 Å². The number of aliphatic carboxylic acids is 1. The minimum Gasteiger partial charge on any atom is -0.480 e. The number of carboxylic acids is 1. The van der Waals surface area contributed by atoms with Crippen LogP contribution in [0.5, 0.6) is 0 Å². The van der Waals surface area contributed by atoms with Crippen LogP contribution in [0.4, 0.5) is 0 Å². The van der Waals surface area contributed by atoms with Crippen molar-refractivity contribution in [3.8, 4) is 0 Å². The van der Waals surface area contributed by atoms with E-state index in [4.69, 9.17) is 11.5 Å². The van der Waals surface area contributed by atoms with Crippen LogP contribution >= 0.6 is 0 Å². The van der Waals surface area contributed by atoms with Crippen molar-refractivity contribution in [2.45, 2.75) is 38.8 Å². The van der Waals surface area contributed by atoms with E-state index in [0.717, 1.165) is 9.47 Å². The molecule has 0 aliphatic rings. The number of unbranched alkanes of at least 4 members (excludes halogenated alkanes) is 1. The van der Waals surface area contributed by atoms with Gasteiger partial charge in [0.15, 0.2) is 0 Å². The molecule has 140 valence electrons. The number of carboxylic acid groups (broad SMARTS) is 1. The second-order valence-electron chi connectivity index (χ2n) is 5.71. The molecule has 1 amide bonds. The predicted octanol–water partition coefficient (Wildman–Crippen LogP) is -1.79. The van der Waals surface area contributed by atoms with Crippen molar-refractivity contribution in [1.29, 1.82) is 0 Å². The van der Waals surface area contributed by atoms with Crippen molar-refractivity contribution in [2.24, 2.45) is 11.5 Å². The van der Waals surface area contributed by atoms with Crippen molar-refractivity contribution in [3.05, 3.63) is 32.6 Å². The zero-order chi connectivity index (χ0) is 19.0. The SMILES string of the molecule is Cc1cn(CC(=O)N(CCN)[C@H](CCCCN)C(=O)O)c(=O)[nH]c1=O. The summed E-state index contributed by atoms with van der Waals surface area (Å²) in [5.74, 6) is -1.69. The lowest BCUT2D eigenvalue weighted by molar-refractivity contribution is -0.150. The number of H-pyrrole nitrogens is 1. The monoisotopic (exact) mass is 355 g/mol. The summed E-state index contributed by atoms with van der Waals surface area (Å²) in [5.41, 5.74) is 9.93. The fourth-order valence-electron chi connectivity index (χ4n) is 2.46. The third-order valence-electron chi connectivity index (χ3n) is 3.78. The zero-order valence-electron chi connectivity index (χ0n) is 14.2. The fourth-order valence-corrected chi connectivity index (χ4v) is 2.46. The van der Waals surface area contributed by atoms with Crippen LogP contribution in [0.25, 0.3) is 0 Å². The fraction of sp³-hybridized carbons (Fsp3) is 0.600. The summed E-state index contributed by atoms with van der Waals surface area (Å²) in [6.45, 7) is 1.70. The number of aromatic nitrogens is 2. The van der Waals surface area contributed by atoms with Crippen molar-refractivity contribution in [3.63, 3.8) is 0 Å². The van der Waals surface area contributed by atoms with Gasteiger partial charge in [-0.05, 0) is 32.7 Å². The Morgan fingerprint density at radius 3 is 2.52 bits per heavy atom. The first-order valence-electron chi connectivity index (χ1n) is 8.04. The van der Waals surface area contributed by atoms with E-state index < -0.39 is 29.2 Å². The topological polar surface area (TPSA) is 165 Å². The van der Waals surface area contributed by atoms with E-state index in [0.29, 0.717) is 19.4 Å². The summed E-state index contributed by atoms with van der Waals surface area (Å²) in [4.78, 5) is 50.6. The summed E-state index contributed by atoms with van der Waals surface area (Å²) in [6, 6.07) is -1.04. The molecule has 0 saturated carbocycles. The van der Waals surface area contributed by atoms with Gasteiger partial charge in [0.2, 0.25) is 5.91 Å². The van der Waals surface area contributed by atoms with Gasteiger partial charge >= 0.3 is 11.7 Å². The number of hydrogen-bond donors (Lipinski definition) is 4. The molecule has 1 heterocycles. The van der Waals surface area contributed by atoms with Gasteiger partial charge in [-0.15, -0.1) is 0 Å². The summed E-state index contributed by atoms with van der Waals surface area (Å²) < 4.78 is 1.04. The highest BCUT2D eigenvalue weighted by atomic mass is 16.4. The third kappa shape index (κ3) is 5.84. The molecule has 10 heteroatoms. The maximum Gasteiger partial charge on any atom is 0.328 e. The zero-order valence-corrected chi connectivity index (χ0v) is 14.2. The molecule has 0 unspecified atom stereocenters. The Kier molecular flexibility index (Phi) is 8.02. The molecule has 0 spiro atoms. The smallest absolute Gasteiger partial charge is 0.328 e. The average Bonchev–Trinajstić information content (AvgIpc) is 2.54. The van der Waals surface area contributed by atoms with E-state index in [1.807, 2.05) is 0 Å². The lowest BCUT2D eigenvalue weighted by atomic mass is 10.1. The summed E-state index contributed by atoms with van der Waals surface area (Å²) in [6.07, 6.45) is 2.72. The van der Waals surface area contributed by atoms with Crippen LogP contribution in [-0.4, -0.2) is 57.1 Å². The Balaban J connectivity index is 3.01. The van der Waals surface area contributed by atoms with Gasteiger partial charge in [-0.2, -0.15) is 0 Å². The van der Waals surface area contributed by atoms with Gasteiger partial charge < -0.3 is 21.5 Å². The number of rotatable bonds is 10. The van der Waals surface area contributed by atoms with Crippen LogP contribution in [0.1, 0.15) is 24.8 Å². The molecular formula is C15H25N5O5. The molecule has 0 aromatic carbocycles. The first-order chi connectivity index (χ1) is 11.8. The molecule has 0 aliphatic carbocycles. The van der Waals surface area contributed by atoms with Gasteiger partial charge in [-0.3, -0.25) is 19.1 Å². The summed E-state index contributed by atoms with van der Waals surface area (Å²) in [7, 11) is 0. The number of carbonyl (C=O) groups is 2. The van der Waals surface area contributed by atoms with Gasteiger partial charge in [-0.25, -0.2) is 9.59 Å². The standard InChI is InChI=1S/C15H25N5O5/c1-10-8-19(15(25)18-13(10)22)9-12(21)20(7-6-17)11(14(23)24)4-2-3-5-16/h8,11H,2-7,9,16-17H2,1H3,(H,23,24)(H,18,22,25)/t11-/m1/s1. The van der Waals surface area contributed by atoms with Crippen molar-refractivity contribution >= 4 is 11.9 Å². The molecule has 10 nitrogen and oxygen atoms in total. The molecule has 25 heavy (non-hydrogen) atoms. The number of nitrogens with two attached hydrogens (primary N) is 2. The molecule has 0 bridgehead atoms. The quantitative estimate of drug-likeness (QED) is 0.360. The lowest BCUT2D eigenvalue weighted by Gasteiger charge is -2.29. The molecule has 0 aliphatic heterocycles. The van der Waals surface area contributed by atoms with Crippen LogP contribution < -0.4 is 22.7 Å². The van der Waals surface area contributed by atoms with E-state index in [1.165, 1.54) is 13.1 Å². The summed E-state index contributed by atoms with van der Waals surface area (Å²) >= 11 is 0. The van der Waals surface area contributed by atoms with Crippen LogP contribution in [0.3, 0.4) is 0 Å². The number of nitrogens with one attached hydrogen (secondary N) is 1. The molecule has 0 saturated heterocycles. The van der Waals surface area contributed by atoms with E-state index in [9.17, 15) is 24.3 Å². The molecule has 0 fully saturated rings.